The van der Waals surface area contributed by atoms with E-state index in [0.717, 1.165) is 6.08 Å². The van der Waals surface area contributed by atoms with Gasteiger partial charge in [0.15, 0.2) is 0 Å². The maximum absolute atomic E-state index is 15.1. The van der Waals surface area contributed by atoms with Crippen molar-refractivity contribution in [3.63, 3.8) is 0 Å². The number of aliphatic hydroxyl groups is 1. The first kappa shape index (κ1) is 28.1. The monoisotopic (exact) mass is 530 g/mol. The Kier molecular flexibility index (Phi) is 7.04. The van der Waals surface area contributed by atoms with E-state index >= 15 is 4.48 Å². The first-order valence-corrected chi connectivity index (χ1v) is 10.7. The predicted molar refractivity (Wildman–Crippen MR) is 99.7 cm³/mol. The summed E-state index contributed by atoms with van der Waals surface area (Å²) in [6.07, 6.45) is -4.05. The van der Waals surface area contributed by atoms with E-state index in [-0.39, 0.29) is 7.05 Å². The highest BCUT2D eigenvalue weighted by molar-refractivity contribution is 7.87. The topological polar surface area (TPSA) is 54.4 Å². The quantitative estimate of drug-likeness (QED) is 0.376. The molecule has 0 radical (unpaired) electrons. The van der Waals surface area contributed by atoms with Gasteiger partial charge in [-0.3, -0.25) is 0 Å². The van der Waals surface area contributed by atoms with Crippen LogP contribution in [0.4, 0.5) is 44.0 Å². The number of aliphatic hydroxyl groups excluding tert-OH is 1. The number of hydrogen-bond donors (Lipinski definition) is 1. The third kappa shape index (κ3) is 4.33. The van der Waals surface area contributed by atoms with Crippen molar-refractivity contribution in [2.75, 3.05) is 20.2 Å². The summed E-state index contributed by atoms with van der Waals surface area (Å²) in [6.45, 7) is -2.81. The van der Waals surface area contributed by atoms with Crippen LogP contribution in [-0.2, 0) is 10.0 Å². The van der Waals surface area contributed by atoms with Gasteiger partial charge in [0.2, 0.25) is 0 Å². The maximum Gasteiger partial charge on any atom is 0.467 e. The van der Waals surface area contributed by atoms with Crippen LogP contribution >= 0.6 is 0 Å². The Balaban J connectivity index is 2.42. The third-order valence-corrected chi connectivity index (χ3v) is 7.34. The minimum absolute atomic E-state index is 0.229. The van der Waals surface area contributed by atoms with Gasteiger partial charge in [-0.25, -0.2) is 0 Å². The van der Waals surface area contributed by atoms with Gasteiger partial charge in [-0.2, -0.15) is 47.9 Å². The van der Waals surface area contributed by atoms with E-state index < -0.39 is 62.4 Å². The Labute approximate surface area is 187 Å². The molecule has 1 aliphatic rings. The lowest BCUT2D eigenvalue weighted by molar-refractivity contribution is -0.939. The van der Waals surface area contributed by atoms with Crippen molar-refractivity contribution in [1.29, 1.82) is 0 Å². The van der Waals surface area contributed by atoms with Gasteiger partial charge in [0.05, 0.1) is 12.0 Å². The second-order valence-electron chi connectivity index (χ2n) is 7.87. The minimum Gasteiger partial charge on any atom is -0.395 e. The lowest BCUT2D eigenvalue weighted by Gasteiger charge is -2.37. The number of hydrogen-bond acceptors (Lipinski definition) is 3. The zero-order valence-electron chi connectivity index (χ0n) is 17.1. The fourth-order valence-corrected chi connectivity index (χ4v) is 4.61. The van der Waals surface area contributed by atoms with Crippen LogP contribution in [0.1, 0.15) is 12.0 Å². The molecule has 1 N–H and O–H groups in total. The van der Waals surface area contributed by atoms with Crippen LogP contribution in [0.2, 0.25) is 0 Å². The summed E-state index contributed by atoms with van der Waals surface area (Å²) in [5.74, 6) is -15.1. The Bertz CT molecular complexity index is 1070. The van der Waals surface area contributed by atoms with Crippen LogP contribution in [0.3, 0.4) is 0 Å². The first-order chi connectivity index (χ1) is 15.2. The van der Waals surface area contributed by atoms with E-state index in [9.17, 15) is 53.0 Å². The van der Waals surface area contributed by atoms with Crippen LogP contribution in [0, 0.1) is 5.41 Å². The van der Waals surface area contributed by atoms with Crippen LogP contribution in [0.5, 0.6) is 0 Å². The highest BCUT2D eigenvalue weighted by Crippen LogP contribution is 2.56. The normalized spacial score (nSPS) is 22.3. The van der Waals surface area contributed by atoms with Gasteiger partial charge in [-0.05, 0) is 21.7 Å². The SMILES string of the molecule is C[N+](F)(CC1(CO)C=CC(c2ccccc2)=CC1)S(=O)(=O)C(F)(F)C(F)(F)C(F)(F)C(F)(F)F. The maximum atomic E-state index is 15.1. The van der Waals surface area contributed by atoms with Gasteiger partial charge < -0.3 is 5.11 Å². The summed E-state index contributed by atoms with van der Waals surface area (Å²) in [7, 11) is -7.64. The molecular weight excluding hydrogens is 512 g/mol. The molecule has 0 saturated heterocycles. The minimum atomic E-state index is -7.56. The molecule has 1 aromatic rings. The number of halogens is 10. The van der Waals surface area contributed by atoms with Gasteiger partial charge in [-0.15, -0.1) is 0 Å². The molecule has 0 bridgehead atoms. The van der Waals surface area contributed by atoms with E-state index in [1.165, 1.54) is 12.2 Å². The number of nitrogens with zero attached hydrogens (tertiary/aromatic N) is 1. The Morgan fingerprint density at radius 2 is 1.50 bits per heavy atom. The number of rotatable bonds is 8. The first-order valence-electron chi connectivity index (χ1n) is 9.25. The van der Waals surface area contributed by atoms with Crippen LogP contribution in [0.25, 0.3) is 5.57 Å². The molecular formula is C19H18F10NO3S+. The molecule has 0 saturated carbocycles. The van der Waals surface area contributed by atoms with Crippen molar-refractivity contribution in [2.45, 2.75) is 29.7 Å². The summed E-state index contributed by atoms with van der Waals surface area (Å²) >= 11 is 0. The van der Waals surface area contributed by atoms with Crippen molar-refractivity contribution < 1.29 is 61.6 Å². The molecule has 2 atom stereocenters. The molecule has 0 heterocycles. The number of benzene rings is 1. The summed E-state index contributed by atoms with van der Waals surface area (Å²) in [5, 5.41) is 2.48. The molecule has 0 spiro atoms. The molecule has 0 fully saturated rings. The Morgan fingerprint density at radius 1 is 0.971 bits per heavy atom. The number of quaternary nitrogens is 1. The fraction of sp³-hybridized carbons (Fsp3) is 0.474. The predicted octanol–water partition coefficient (Wildman–Crippen LogP) is 5.10. The van der Waals surface area contributed by atoms with E-state index in [2.05, 4.69) is 0 Å². The summed E-state index contributed by atoms with van der Waals surface area (Å²) in [4.78, 5) is 0. The molecule has 1 aliphatic carbocycles. The zero-order valence-corrected chi connectivity index (χ0v) is 18.0. The Morgan fingerprint density at radius 3 is 1.91 bits per heavy atom. The third-order valence-electron chi connectivity index (χ3n) is 5.31. The van der Waals surface area contributed by atoms with Crippen molar-refractivity contribution in [1.82, 2.24) is 0 Å². The second-order valence-corrected chi connectivity index (χ2v) is 10.1. The molecule has 1 aromatic carbocycles. The average Bonchev–Trinajstić information content (AvgIpc) is 2.73. The molecule has 0 aromatic heterocycles. The number of sulfonamides is 1. The van der Waals surface area contributed by atoms with E-state index in [1.807, 2.05) is 0 Å². The Hall–Kier alpha value is -2.13. The fourth-order valence-electron chi connectivity index (χ4n) is 3.25. The van der Waals surface area contributed by atoms with Gasteiger partial charge in [-0.1, -0.05) is 48.6 Å². The molecule has 0 amide bonds. The summed E-state index contributed by atoms with van der Waals surface area (Å²) < 4.78 is 154. The molecule has 2 rings (SSSR count). The number of alkyl halides is 9. The van der Waals surface area contributed by atoms with Gasteiger partial charge in [0.25, 0.3) is 0 Å². The second kappa shape index (κ2) is 8.52. The molecule has 0 aliphatic heterocycles. The highest BCUT2D eigenvalue weighted by atomic mass is 32.2. The lowest BCUT2D eigenvalue weighted by Crippen LogP contribution is -2.67. The van der Waals surface area contributed by atoms with Crippen molar-refractivity contribution in [3.8, 4) is 0 Å². The zero-order chi connectivity index (χ0) is 26.4. The highest BCUT2D eigenvalue weighted by Gasteiger charge is 2.88. The molecule has 2 unspecified atom stereocenters. The van der Waals surface area contributed by atoms with Gasteiger partial charge in [0, 0.05) is 4.48 Å². The van der Waals surface area contributed by atoms with E-state index in [4.69, 9.17) is 0 Å². The van der Waals surface area contributed by atoms with Crippen LogP contribution in [-0.4, -0.2) is 61.1 Å². The summed E-state index contributed by atoms with van der Waals surface area (Å²) in [6, 6.07) is 8.28. The van der Waals surface area contributed by atoms with Crippen LogP contribution in [0.15, 0.2) is 48.6 Å². The average molecular weight is 530 g/mol. The van der Waals surface area contributed by atoms with Crippen LogP contribution < -0.4 is 0 Å². The van der Waals surface area contributed by atoms with Crippen molar-refractivity contribution >= 4 is 15.6 Å². The lowest BCUT2D eigenvalue weighted by atomic mass is 9.79. The van der Waals surface area contributed by atoms with Crippen molar-refractivity contribution in [2.24, 2.45) is 5.41 Å². The summed E-state index contributed by atoms with van der Waals surface area (Å²) in [5.41, 5.74) is -0.884. The smallest absolute Gasteiger partial charge is 0.395 e. The van der Waals surface area contributed by atoms with E-state index in [1.54, 1.807) is 30.3 Å². The molecule has 4 nitrogen and oxygen atoms in total. The van der Waals surface area contributed by atoms with Gasteiger partial charge >= 0.3 is 33.3 Å². The largest absolute Gasteiger partial charge is 0.467 e. The van der Waals surface area contributed by atoms with Gasteiger partial charge in [0.1, 0.15) is 13.6 Å². The standard InChI is InChI=1S/C19H18F10NO3S/c1-30(29,34(32,33)19(27,28)17(22,23)16(20,21)18(24,25)26)11-15(12-31)9-7-14(8-10-15)13-5-3-2-4-6-13/h2-9,31H,10-12H2,1H3/q+1. The molecule has 15 heteroatoms. The van der Waals surface area contributed by atoms with E-state index in [0.29, 0.717) is 11.1 Å². The number of allylic oxidation sites excluding steroid dienone is 3. The molecule has 192 valence electrons. The van der Waals surface area contributed by atoms with Crippen molar-refractivity contribution in [3.05, 3.63) is 54.1 Å². The molecule has 34 heavy (non-hydrogen) atoms.